The van der Waals surface area contributed by atoms with Gasteiger partial charge in [-0.1, -0.05) is 26.0 Å². The number of hydrogen-bond acceptors (Lipinski definition) is 4. The molecule has 2 rings (SSSR count). The molecule has 0 fully saturated rings. The summed E-state index contributed by atoms with van der Waals surface area (Å²) in [7, 11) is 0. The van der Waals surface area contributed by atoms with Crippen molar-refractivity contribution in [3.63, 3.8) is 0 Å². The van der Waals surface area contributed by atoms with Crippen LogP contribution in [0.1, 0.15) is 25.3 Å². The van der Waals surface area contributed by atoms with Gasteiger partial charge in [0.25, 0.3) is 0 Å². The number of anilines is 1. The minimum absolute atomic E-state index is 0.143. The predicted molar refractivity (Wildman–Crippen MR) is 88.3 cm³/mol. The molecule has 0 spiro atoms. The van der Waals surface area contributed by atoms with E-state index in [2.05, 4.69) is 24.1 Å². The summed E-state index contributed by atoms with van der Waals surface area (Å²) in [6, 6.07) is 7.21. The van der Waals surface area contributed by atoms with Gasteiger partial charge in [-0.15, -0.1) is 11.3 Å². The van der Waals surface area contributed by atoms with E-state index in [4.69, 9.17) is 5.73 Å². The van der Waals surface area contributed by atoms with Crippen LogP contribution in [0, 0.1) is 12.8 Å². The Morgan fingerprint density at radius 2 is 2.19 bits per heavy atom. The van der Waals surface area contributed by atoms with Gasteiger partial charge in [-0.2, -0.15) is 0 Å². The average Bonchev–Trinajstić information content (AvgIpc) is 2.85. The highest BCUT2D eigenvalue weighted by Gasteiger charge is 2.15. The molecule has 112 valence electrons. The minimum Gasteiger partial charge on any atom is -0.325 e. The molecule has 1 atom stereocenters. The maximum atomic E-state index is 12.1. The van der Waals surface area contributed by atoms with E-state index in [0.717, 1.165) is 22.0 Å². The molecule has 21 heavy (non-hydrogen) atoms. The number of amides is 1. The van der Waals surface area contributed by atoms with E-state index < -0.39 is 6.04 Å². The molecule has 1 aromatic heterocycles. The quantitative estimate of drug-likeness (QED) is 0.889. The maximum Gasteiger partial charge on any atom is 0.241 e. The smallest absolute Gasteiger partial charge is 0.241 e. The number of aryl methyl sites for hydroxylation is 1. The molecule has 1 heterocycles. The first-order chi connectivity index (χ1) is 9.95. The molecule has 2 aromatic rings. The lowest BCUT2D eigenvalue weighted by molar-refractivity contribution is -0.117. The van der Waals surface area contributed by atoms with Crippen LogP contribution in [0.2, 0.25) is 0 Å². The van der Waals surface area contributed by atoms with Crippen molar-refractivity contribution in [3.05, 3.63) is 34.7 Å². The fourth-order valence-corrected chi connectivity index (χ4v) is 2.72. The molecule has 0 aliphatic heterocycles. The Morgan fingerprint density at radius 1 is 1.43 bits per heavy atom. The zero-order valence-electron chi connectivity index (χ0n) is 12.6. The molecule has 0 unspecified atom stereocenters. The number of hydrogen-bond donors (Lipinski definition) is 2. The molecule has 4 nitrogen and oxygen atoms in total. The van der Waals surface area contributed by atoms with Gasteiger partial charge in [0.15, 0.2) is 0 Å². The second-order valence-electron chi connectivity index (χ2n) is 5.56. The van der Waals surface area contributed by atoms with Gasteiger partial charge >= 0.3 is 0 Å². The number of aromatic nitrogens is 1. The number of nitrogens with two attached hydrogens (primary N) is 1. The van der Waals surface area contributed by atoms with Crippen LogP contribution in [0.3, 0.4) is 0 Å². The molecule has 0 bridgehead atoms. The van der Waals surface area contributed by atoms with Crippen LogP contribution in [0.4, 0.5) is 5.69 Å². The van der Waals surface area contributed by atoms with Crippen LogP contribution in [-0.4, -0.2) is 16.9 Å². The fraction of sp³-hybridized carbons (Fsp3) is 0.375. The molecule has 0 aliphatic carbocycles. The molecule has 0 aliphatic rings. The van der Waals surface area contributed by atoms with Gasteiger partial charge in [0.2, 0.25) is 5.91 Å². The summed E-state index contributed by atoms with van der Waals surface area (Å²) in [6.45, 7) is 6.08. The number of benzene rings is 1. The summed E-state index contributed by atoms with van der Waals surface area (Å²) >= 11 is 1.61. The Hall–Kier alpha value is -1.72. The molecule has 3 N–H and O–H groups in total. The second kappa shape index (κ2) is 6.83. The van der Waals surface area contributed by atoms with Gasteiger partial charge in [0.1, 0.15) is 0 Å². The number of carbonyl (C=O) groups excluding carboxylic acids is 1. The maximum absolute atomic E-state index is 12.1. The van der Waals surface area contributed by atoms with Crippen molar-refractivity contribution in [2.45, 2.75) is 33.2 Å². The van der Waals surface area contributed by atoms with Crippen LogP contribution in [0.15, 0.2) is 29.6 Å². The molecule has 1 amide bonds. The van der Waals surface area contributed by atoms with E-state index in [-0.39, 0.29) is 5.91 Å². The summed E-state index contributed by atoms with van der Waals surface area (Å²) in [4.78, 5) is 16.5. The number of carbonyl (C=O) groups is 1. The predicted octanol–water partition coefficient (Wildman–Crippen LogP) is 3.43. The highest BCUT2D eigenvalue weighted by Crippen LogP contribution is 2.24. The van der Waals surface area contributed by atoms with Crippen LogP contribution < -0.4 is 11.1 Å². The average molecular weight is 303 g/mol. The summed E-state index contributed by atoms with van der Waals surface area (Å²) < 4.78 is 0. The van der Waals surface area contributed by atoms with Crippen LogP contribution >= 0.6 is 11.3 Å². The Kier molecular flexibility index (Phi) is 5.09. The monoisotopic (exact) mass is 303 g/mol. The standard InChI is InChI=1S/C16H21N3OS/c1-10(2)7-14(17)16(20)19-13-6-4-5-12(8-13)15-9-21-11(3)18-15/h4-6,8-10,14H,7,17H2,1-3H3,(H,19,20)/t14-/m0/s1. The number of rotatable bonds is 5. The Labute approximate surface area is 129 Å². The first-order valence-corrected chi connectivity index (χ1v) is 7.92. The van der Waals surface area contributed by atoms with Gasteiger partial charge in [0, 0.05) is 16.6 Å². The van der Waals surface area contributed by atoms with E-state index in [1.807, 2.05) is 36.6 Å². The van der Waals surface area contributed by atoms with E-state index in [9.17, 15) is 4.79 Å². The number of nitrogens with zero attached hydrogens (tertiary/aromatic N) is 1. The molecule has 0 saturated heterocycles. The molecular weight excluding hydrogens is 282 g/mol. The van der Waals surface area contributed by atoms with E-state index >= 15 is 0 Å². The lowest BCUT2D eigenvalue weighted by atomic mass is 10.0. The summed E-state index contributed by atoms with van der Waals surface area (Å²) in [5.74, 6) is 0.255. The van der Waals surface area contributed by atoms with Crippen LogP contribution in [-0.2, 0) is 4.79 Å². The van der Waals surface area contributed by atoms with Gasteiger partial charge in [-0.05, 0) is 31.4 Å². The van der Waals surface area contributed by atoms with Crippen LogP contribution in [0.25, 0.3) is 11.3 Å². The summed E-state index contributed by atoms with van der Waals surface area (Å²) in [6.07, 6.45) is 0.677. The molecular formula is C16H21N3OS. The third-order valence-electron chi connectivity index (χ3n) is 3.11. The van der Waals surface area contributed by atoms with Crippen molar-refractivity contribution in [2.75, 3.05) is 5.32 Å². The molecule has 0 radical (unpaired) electrons. The summed E-state index contributed by atoms with van der Waals surface area (Å²) in [5, 5.41) is 5.92. The van der Waals surface area contributed by atoms with Crippen molar-refractivity contribution in [1.29, 1.82) is 0 Å². The SMILES string of the molecule is Cc1nc(-c2cccc(NC(=O)[C@@H](N)CC(C)C)c2)cs1. The highest BCUT2D eigenvalue weighted by atomic mass is 32.1. The molecule has 1 aromatic carbocycles. The van der Waals surface area contributed by atoms with Gasteiger partial charge in [-0.3, -0.25) is 4.79 Å². The zero-order valence-corrected chi connectivity index (χ0v) is 13.4. The van der Waals surface area contributed by atoms with E-state index in [0.29, 0.717) is 12.3 Å². The van der Waals surface area contributed by atoms with Crippen molar-refractivity contribution in [3.8, 4) is 11.3 Å². The van der Waals surface area contributed by atoms with Crippen molar-refractivity contribution < 1.29 is 4.79 Å². The number of thiazole rings is 1. The first kappa shape index (κ1) is 15.7. The minimum atomic E-state index is -0.477. The van der Waals surface area contributed by atoms with Crippen LogP contribution in [0.5, 0.6) is 0 Å². The largest absolute Gasteiger partial charge is 0.325 e. The molecule has 5 heteroatoms. The third kappa shape index (κ3) is 4.37. The highest BCUT2D eigenvalue weighted by molar-refractivity contribution is 7.09. The third-order valence-corrected chi connectivity index (χ3v) is 3.88. The molecule has 0 saturated carbocycles. The normalized spacial score (nSPS) is 12.4. The topological polar surface area (TPSA) is 68.0 Å². The zero-order chi connectivity index (χ0) is 15.4. The second-order valence-corrected chi connectivity index (χ2v) is 6.62. The van der Waals surface area contributed by atoms with Gasteiger partial charge < -0.3 is 11.1 Å². The fourth-order valence-electron chi connectivity index (χ4n) is 2.10. The van der Waals surface area contributed by atoms with Crippen molar-refractivity contribution in [1.82, 2.24) is 4.98 Å². The van der Waals surface area contributed by atoms with Gasteiger partial charge in [0.05, 0.1) is 16.7 Å². The number of nitrogens with one attached hydrogen (secondary N) is 1. The lowest BCUT2D eigenvalue weighted by Crippen LogP contribution is -2.36. The van der Waals surface area contributed by atoms with Gasteiger partial charge in [-0.25, -0.2) is 4.98 Å². The Morgan fingerprint density at radius 3 is 2.81 bits per heavy atom. The Balaban J connectivity index is 2.09. The van der Waals surface area contributed by atoms with Crippen molar-refractivity contribution >= 4 is 22.9 Å². The van der Waals surface area contributed by atoms with E-state index in [1.165, 1.54) is 0 Å². The lowest BCUT2D eigenvalue weighted by Gasteiger charge is -2.14. The van der Waals surface area contributed by atoms with E-state index in [1.54, 1.807) is 11.3 Å². The Bertz CT molecular complexity index is 621. The summed E-state index contributed by atoms with van der Waals surface area (Å²) in [5.41, 5.74) is 8.57. The van der Waals surface area contributed by atoms with Crippen molar-refractivity contribution in [2.24, 2.45) is 11.7 Å². The first-order valence-electron chi connectivity index (χ1n) is 7.04.